The number of rotatable bonds is 9. The summed E-state index contributed by atoms with van der Waals surface area (Å²) in [5, 5.41) is 2.80. The number of esters is 1. The van der Waals surface area contributed by atoms with E-state index in [1.54, 1.807) is 6.07 Å². The molecule has 0 saturated carbocycles. The van der Waals surface area contributed by atoms with Crippen LogP contribution in [0.3, 0.4) is 0 Å². The minimum absolute atomic E-state index is 0.0307. The number of benzene rings is 1. The molecule has 1 N–H and O–H groups in total. The average Bonchev–Trinajstić information content (AvgIpc) is 3.11. The van der Waals surface area contributed by atoms with Gasteiger partial charge in [0.2, 0.25) is 0 Å². The lowest BCUT2D eigenvalue weighted by Crippen LogP contribution is -2.31. The number of carbonyl (C=O) groups excluding carboxylic acids is 3. The summed E-state index contributed by atoms with van der Waals surface area (Å²) in [6.45, 7) is 5.54. The third-order valence-corrected chi connectivity index (χ3v) is 5.24. The second kappa shape index (κ2) is 10.0. The van der Waals surface area contributed by atoms with Crippen molar-refractivity contribution >= 4 is 29.0 Å². The van der Waals surface area contributed by atoms with E-state index in [0.717, 1.165) is 16.9 Å². The van der Waals surface area contributed by atoms with Crippen molar-refractivity contribution in [3.05, 3.63) is 57.3 Å². The maximum absolute atomic E-state index is 12.0. The number of amides is 1. The normalized spacial score (nSPS) is 11.7. The Bertz CT molecular complexity index is 795. The fourth-order valence-corrected chi connectivity index (χ4v) is 3.38. The Morgan fingerprint density at radius 3 is 2.37 bits per heavy atom. The second-order valence-electron chi connectivity index (χ2n) is 6.38. The molecule has 0 fully saturated rings. The van der Waals surface area contributed by atoms with E-state index in [4.69, 9.17) is 4.74 Å². The van der Waals surface area contributed by atoms with Crippen LogP contribution in [-0.2, 0) is 20.7 Å². The van der Waals surface area contributed by atoms with Gasteiger partial charge in [-0.15, -0.1) is 11.3 Å². The van der Waals surface area contributed by atoms with Gasteiger partial charge in [-0.3, -0.25) is 14.4 Å². The molecule has 1 aromatic heterocycles. The molecule has 5 nitrogen and oxygen atoms in total. The van der Waals surface area contributed by atoms with E-state index in [1.165, 1.54) is 16.9 Å². The van der Waals surface area contributed by atoms with E-state index >= 15 is 0 Å². The molecule has 27 heavy (non-hydrogen) atoms. The van der Waals surface area contributed by atoms with Crippen LogP contribution in [0.1, 0.15) is 58.4 Å². The first-order valence-electron chi connectivity index (χ1n) is 9.02. The van der Waals surface area contributed by atoms with Gasteiger partial charge in [-0.05, 0) is 43.5 Å². The summed E-state index contributed by atoms with van der Waals surface area (Å²) in [5.41, 5.74) is 2.22. The summed E-state index contributed by atoms with van der Waals surface area (Å²) < 4.78 is 4.97. The highest BCUT2D eigenvalue weighted by atomic mass is 32.1. The van der Waals surface area contributed by atoms with Crippen LogP contribution in [0, 0.1) is 6.92 Å². The number of Topliss-reactive ketones (excluding diaryl/α,β-unsaturated/α-hetero) is 1. The van der Waals surface area contributed by atoms with E-state index in [1.807, 2.05) is 44.2 Å². The van der Waals surface area contributed by atoms with Crippen molar-refractivity contribution in [3.63, 3.8) is 0 Å². The van der Waals surface area contributed by atoms with Gasteiger partial charge in [0.1, 0.15) is 0 Å². The van der Waals surface area contributed by atoms with Gasteiger partial charge >= 0.3 is 5.97 Å². The Hall–Kier alpha value is -2.47. The van der Waals surface area contributed by atoms with Gasteiger partial charge in [0.25, 0.3) is 5.91 Å². The smallest absolute Gasteiger partial charge is 0.306 e. The SMILES string of the molecule is CCc1ccc([C@H](C)NC(=O)COC(=O)CCC(=O)c2ccc(C)s2)cc1. The number of thiophene rings is 1. The molecular formula is C21H25NO4S. The summed E-state index contributed by atoms with van der Waals surface area (Å²) in [7, 11) is 0. The maximum Gasteiger partial charge on any atom is 0.306 e. The highest BCUT2D eigenvalue weighted by Gasteiger charge is 2.14. The molecule has 1 heterocycles. The minimum Gasteiger partial charge on any atom is -0.456 e. The summed E-state index contributed by atoms with van der Waals surface area (Å²) in [5.74, 6) is -0.999. The molecule has 0 unspecified atom stereocenters. The van der Waals surface area contributed by atoms with Crippen LogP contribution in [0.25, 0.3) is 0 Å². The van der Waals surface area contributed by atoms with E-state index in [0.29, 0.717) is 4.88 Å². The van der Waals surface area contributed by atoms with Crippen LogP contribution >= 0.6 is 11.3 Å². The molecule has 1 aromatic carbocycles. The Morgan fingerprint density at radius 1 is 1.07 bits per heavy atom. The average molecular weight is 388 g/mol. The summed E-state index contributed by atoms with van der Waals surface area (Å²) in [6.07, 6.45) is 1.02. The Balaban J connectivity index is 1.70. The van der Waals surface area contributed by atoms with Gasteiger partial charge in [-0.2, -0.15) is 0 Å². The van der Waals surface area contributed by atoms with Gasteiger partial charge < -0.3 is 10.1 Å². The number of ketones is 1. The zero-order chi connectivity index (χ0) is 19.8. The quantitative estimate of drug-likeness (QED) is 0.521. The number of nitrogens with one attached hydrogen (secondary N) is 1. The molecular weight excluding hydrogens is 362 g/mol. The first kappa shape index (κ1) is 20.8. The molecule has 0 bridgehead atoms. The lowest BCUT2D eigenvalue weighted by atomic mass is 10.1. The minimum atomic E-state index is -0.549. The van der Waals surface area contributed by atoms with E-state index in [9.17, 15) is 14.4 Å². The fourth-order valence-electron chi connectivity index (χ4n) is 2.55. The van der Waals surface area contributed by atoms with Crippen molar-refractivity contribution in [2.24, 2.45) is 0 Å². The zero-order valence-corrected chi connectivity index (χ0v) is 16.7. The summed E-state index contributed by atoms with van der Waals surface area (Å²) in [6, 6.07) is 11.5. The zero-order valence-electron chi connectivity index (χ0n) is 15.9. The Kier molecular flexibility index (Phi) is 7.73. The highest BCUT2D eigenvalue weighted by Crippen LogP contribution is 2.17. The summed E-state index contributed by atoms with van der Waals surface area (Å²) >= 11 is 1.41. The van der Waals surface area contributed by atoms with Crippen molar-refractivity contribution in [1.29, 1.82) is 0 Å². The van der Waals surface area contributed by atoms with Crippen molar-refractivity contribution < 1.29 is 19.1 Å². The maximum atomic E-state index is 12.0. The molecule has 2 rings (SSSR count). The van der Waals surface area contributed by atoms with Crippen LogP contribution < -0.4 is 5.32 Å². The van der Waals surface area contributed by atoms with Gasteiger partial charge in [-0.25, -0.2) is 0 Å². The molecule has 0 aliphatic carbocycles. The van der Waals surface area contributed by atoms with Gasteiger partial charge in [0, 0.05) is 11.3 Å². The topological polar surface area (TPSA) is 72.5 Å². The third kappa shape index (κ3) is 6.64. The molecule has 144 valence electrons. The lowest BCUT2D eigenvalue weighted by molar-refractivity contribution is -0.148. The van der Waals surface area contributed by atoms with E-state index in [-0.39, 0.29) is 37.2 Å². The molecule has 0 spiro atoms. The monoisotopic (exact) mass is 387 g/mol. The first-order chi connectivity index (χ1) is 12.9. The number of hydrogen-bond acceptors (Lipinski definition) is 5. The van der Waals surface area contributed by atoms with Crippen molar-refractivity contribution in [1.82, 2.24) is 5.32 Å². The van der Waals surface area contributed by atoms with Gasteiger partial charge in [0.05, 0.1) is 17.3 Å². The molecule has 0 aliphatic rings. The molecule has 2 aromatic rings. The van der Waals surface area contributed by atoms with Crippen molar-refractivity contribution in [3.8, 4) is 0 Å². The van der Waals surface area contributed by atoms with Crippen LogP contribution in [-0.4, -0.2) is 24.3 Å². The van der Waals surface area contributed by atoms with Crippen molar-refractivity contribution in [2.75, 3.05) is 6.61 Å². The van der Waals surface area contributed by atoms with Crippen LogP contribution in [0.5, 0.6) is 0 Å². The van der Waals surface area contributed by atoms with Crippen molar-refractivity contribution in [2.45, 2.75) is 46.1 Å². The predicted molar refractivity (Wildman–Crippen MR) is 106 cm³/mol. The van der Waals surface area contributed by atoms with E-state index in [2.05, 4.69) is 12.2 Å². The predicted octanol–water partition coefficient (Wildman–Crippen LogP) is 4.00. The van der Waals surface area contributed by atoms with Crippen LogP contribution in [0.4, 0.5) is 0 Å². The molecule has 1 atom stereocenters. The molecule has 6 heteroatoms. The lowest BCUT2D eigenvalue weighted by Gasteiger charge is -2.15. The highest BCUT2D eigenvalue weighted by molar-refractivity contribution is 7.14. The molecule has 0 radical (unpaired) electrons. The Labute approximate surface area is 163 Å². The molecule has 0 aliphatic heterocycles. The number of carbonyl (C=O) groups is 3. The number of ether oxygens (including phenoxy) is 1. The fraction of sp³-hybridized carbons (Fsp3) is 0.381. The van der Waals surface area contributed by atoms with Gasteiger partial charge in [0.15, 0.2) is 12.4 Å². The van der Waals surface area contributed by atoms with Crippen LogP contribution in [0.2, 0.25) is 0 Å². The standard InChI is InChI=1S/C21H25NO4S/c1-4-16-6-8-17(9-7-16)15(3)22-20(24)13-26-21(25)12-10-18(23)19-11-5-14(2)27-19/h5-9,11,15H,4,10,12-13H2,1-3H3,(H,22,24)/t15-/m0/s1. The molecule has 1 amide bonds. The molecule has 0 saturated heterocycles. The second-order valence-corrected chi connectivity index (χ2v) is 7.67. The largest absolute Gasteiger partial charge is 0.456 e. The third-order valence-electron chi connectivity index (χ3n) is 4.20. The first-order valence-corrected chi connectivity index (χ1v) is 9.84. The van der Waals surface area contributed by atoms with E-state index < -0.39 is 5.97 Å². The number of hydrogen-bond donors (Lipinski definition) is 1. The Morgan fingerprint density at radius 2 is 1.78 bits per heavy atom. The van der Waals surface area contributed by atoms with Crippen LogP contribution in [0.15, 0.2) is 36.4 Å². The number of aryl methyl sites for hydroxylation is 2. The summed E-state index contributed by atoms with van der Waals surface area (Å²) in [4.78, 5) is 37.4. The van der Waals surface area contributed by atoms with Gasteiger partial charge in [-0.1, -0.05) is 31.2 Å².